The van der Waals surface area contributed by atoms with E-state index in [0.717, 1.165) is 19.3 Å². The third-order valence-corrected chi connectivity index (χ3v) is 8.20. The number of halogens is 1. The van der Waals surface area contributed by atoms with Crippen molar-refractivity contribution in [3.63, 3.8) is 0 Å². The van der Waals surface area contributed by atoms with E-state index in [1.54, 1.807) is 17.0 Å². The first-order valence-electron chi connectivity index (χ1n) is 12.0. The number of amides is 2. The number of hydrogen-bond acceptors (Lipinski definition) is 5. The molecule has 9 heteroatoms. The van der Waals surface area contributed by atoms with Gasteiger partial charge in [-0.1, -0.05) is 38.3 Å². The van der Waals surface area contributed by atoms with Crippen molar-refractivity contribution in [3.05, 3.63) is 29.0 Å². The summed E-state index contributed by atoms with van der Waals surface area (Å²) in [5.41, 5.74) is 1.47. The highest BCUT2D eigenvalue weighted by molar-refractivity contribution is 6.33. The fraction of sp³-hybridized carbons (Fsp3) is 0.600. The molecule has 1 aliphatic carbocycles. The summed E-state index contributed by atoms with van der Waals surface area (Å²) in [6.07, 6.45) is 7.31. The molecule has 2 aliphatic rings. The van der Waals surface area contributed by atoms with E-state index in [1.807, 2.05) is 0 Å². The lowest BCUT2D eigenvalue weighted by molar-refractivity contribution is -0.130. The van der Waals surface area contributed by atoms with Crippen LogP contribution < -0.4 is 10.1 Å². The number of pyridine rings is 1. The lowest BCUT2D eigenvalue weighted by Gasteiger charge is -2.49. The van der Waals surface area contributed by atoms with Gasteiger partial charge in [-0.3, -0.25) is 14.7 Å². The molecule has 2 aromatic heterocycles. The molecule has 0 spiro atoms. The van der Waals surface area contributed by atoms with Crippen LogP contribution in [0.5, 0.6) is 5.88 Å². The quantitative estimate of drug-likeness (QED) is 0.648. The van der Waals surface area contributed by atoms with Gasteiger partial charge < -0.3 is 15.0 Å². The van der Waals surface area contributed by atoms with Crippen molar-refractivity contribution in [2.75, 3.05) is 20.2 Å². The second-order valence-corrected chi connectivity index (χ2v) is 10.8. The molecule has 1 saturated heterocycles. The maximum absolute atomic E-state index is 13.1. The largest absolute Gasteiger partial charge is 0.481 e. The number of carbonyl (C=O) groups excluding carboxylic acids is 2. The predicted octanol–water partition coefficient (Wildman–Crippen LogP) is 4.46. The second-order valence-electron chi connectivity index (χ2n) is 10.4. The van der Waals surface area contributed by atoms with Crippen LogP contribution in [0, 0.1) is 11.3 Å². The van der Waals surface area contributed by atoms with Crippen LogP contribution in [0.4, 0.5) is 0 Å². The van der Waals surface area contributed by atoms with Crippen molar-refractivity contribution in [2.24, 2.45) is 11.3 Å². The Labute approximate surface area is 205 Å². The van der Waals surface area contributed by atoms with Gasteiger partial charge in [-0.15, -0.1) is 0 Å². The third-order valence-electron chi connectivity index (χ3n) is 7.90. The van der Waals surface area contributed by atoms with Gasteiger partial charge in [-0.05, 0) is 44.1 Å². The van der Waals surface area contributed by atoms with Crippen molar-refractivity contribution >= 4 is 23.4 Å². The first-order valence-corrected chi connectivity index (χ1v) is 12.4. The minimum Gasteiger partial charge on any atom is -0.481 e. The maximum Gasteiger partial charge on any atom is 0.271 e. The fourth-order valence-corrected chi connectivity index (χ4v) is 5.28. The number of piperidine rings is 1. The summed E-state index contributed by atoms with van der Waals surface area (Å²) >= 11 is 6.26. The van der Waals surface area contributed by atoms with Gasteiger partial charge in [0.25, 0.3) is 5.91 Å². The molecule has 1 atom stereocenters. The molecule has 3 heterocycles. The van der Waals surface area contributed by atoms with E-state index in [-0.39, 0.29) is 28.7 Å². The molecular formula is C25H34ClN5O3. The average Bonchev–Trinajstić information content (AvgIpc) is 3.31. The zero-order chi connectivity index (χ0) is 24.5. The molecule has 0 radical (unpaired) electrons. The lowest BCUT2D eigenvalue weighted by Crippen LogP contribution is -2.59. The van der Waals surface area contributed by atoms with Gasteiger partial charge in [0.1, 0.15) is 5.69 Å². The van der Waals surface area contributed by atoms with Crippen LogP contribution in [0.15, 0.2) is 18.3 Å². The molecule has 34 heavy (non-hydrogen) atoms. The first-order chi connectivity index (χ1) is 16.1. The molecule has 1 saturated carbocycles. The number of methoxy groups -OCH3 is 1. The van der Waals surface area contributed by atoms with Gasteiger partial charge in [0.2, 0.25) is 11.8 Å². The van der Waals surface area contributed by atoms with Crippen LogP contribution in [-0.4, -0.2) is 57.6 Å². The van der Waals surface area contributed by atoms with Gasteiger partial charge in [-0.25, -0.2) is 4.98 Å². The Morgan fingerprint density at radius 3 is 2.56 bits per heavy atom. The van der Waals surface area contributed by atoms with E-state index >= 15 is 0 Å². The molecule has 1 aliphatic heterocycles. The average molecular weight is 488 g/mol. The zero-order valence-corrected chi connectivity index (χ0v) is 21.2. The van der Waals surface area contributed by atoms with Crippen molar-refractivity contribution in [3.8, 4) is 17.1 Å². The molecule has 1 unspecified atom stereocenters. The number of carbonyl (C=O) groups is 2. The van der Waals surface area contributed by atoms with E-state index in [2.05, 4.69) is 41.3 Å². The summed E-state index contributed by atoms with van der Waals surface area (Å²) in [6, 6.07) is 3.37. The molecule has 4 rings (SSSR count). The maximum atomic E-state index is 13.1. The Morgan fingerprint density at radius 2 is 1.88 bits per heavy atom. The second kappa shape index (κ2) is 9.56. The number of ether oxygens (including phenoxy) is 1. The number of H-pyrrole nitrogens is 1. The van der Waals surface area contributed by atoms with Gasteiger partial charge in [-0.2, -0.15) is 5.10 Å². The molecule has 2 N–H and O–H groups in total. The van der Waals surface area contributed by atoms with Crippen LogP contribution in [0.25, 0.3) is 11.3 Å². The van der Waals surface area contributed by atoms with Crippen molar-refractivity contribution in [2.45, 2.75) is 64.8 Å². The van der Waals surface area contributed by atoms with Crippen molar-refractivity contribution < 1.29 is 14.3 Å². The highest BCUT2D eigenvalue weighted by Crippen LogP contribution is 2.43. The fourth-order valence-electron chi connectivity index (χ4n) is 5.08. The van der Waals surface area contributed by atoms with Crippen LogP contribution in [0.2, 0.25) is 5.02 Å². The van der Waals surface area contributed by atoms with Crippen molar-refractivity contribution in [1.82, 2.24) is 25.4 Å². The van der Waals surface area contributed by atoms with Crippen LogP contribution in [0.1, 0.15) is 69.8 Å². The summed E-state index contributed by atoms with van der Waals surface area (Å²) in [7, 11) is 1.53. The smallest absolute Gasteiger partial charge is 0.271 e. The van der Waals surface area contributed by atoms with Gasteiger partial charge in [0, 0.05) is 36.2 Å². The number of aromatic nitrogens is 3. The Kier molecular flexibility index (Phi) is 6.90. The Balaban J connectivity index is 1.37. The van der Waals surface area contributed by atoms with Gasteiger partial charge >= 0.3 is 0 Å². The highest BCUT2D eigenvalue weighted by Gasteiger charge is 2.44. The minimum atomic E-state index is -0.182. The SMILES string of the molecule is COc1cc(-c2cc(C(=O)N3CCC(C(=O)NC4(C)CCCCC4(C)C)CC3)[nH]n2)c(Cl)cn1. The van der Waals surface area contributed by atoms with Gasteiger partial charge in [0.15, 0.2) is 0 Å². The number of nitrogens with zero attached hydrogens (tertiary/aromatic N) is 3. The van der Waals surface area contributed by atoms with E-state index in [1.165, 1.54) is 19.7 Å². The summed E-state index contributed by atoms with van der Waals surface area (Å²) in [5, 5.41) is 10.9. The van der Waals surface area contributed by atoms with E-state index in [9.17, 15) is 9.59 Å². The molecular weight excluding hydrogens is 454 g/mol. The van der Waals surface area contributed by atoms with Crippen LogP contribution in [-0.2, 0) is 4.79 Å². The molecule has 0 aromatic carbocycles. The highest BCUT2D eigenvalue weighted by atomic mass is 35.5. The summed E-state index contributed by atoms with van der Waals surface area (Å²) < 4.78 is 5.16. The topological polar surface area (TPSA) is 100 Å². The Morgan fingerprint density at radius 1 is 1.18 bits per heavy atom. The monoisotopic (exact) mass is 487 g/mol. The molecule has 2 amide bonds. The number of aromatic amines is 1. The molecule has 0 bridgehead atoms. The third kappa shape index (κ3) is 4.78. The standard InChI is InChI=1S/C25H34ClN5O3/c1-24(2)9-5-6-10-25(24,3)28-22(32)16-7-11-31(12-8-16)23(33)20-14-19(29-30-20)17-13-21(34-4)27-15-18(17)26/h13-16H,5-12H2,1-4H3,(H,28,32)(H,29,30). The zero-order valence-electron chi connectivity index (χ0n) is 20.4. The summed E-state index contributed by atoms with van der Waals surface area (Å²) in [4.78, 5) is 32.0. The number of rotatable bonds is 5. The number of nitrogens with one attached hydrogen (secondary N) is 2. The van der Waals surface area contributed by atoms with Crippen molar-refractivity contribution in [1.29, 1.82) is 0 Å². The summed E-state index contributed by atoms with van der Waals surface area (Å²) in [6.45, 7) is 7.76. The lowest BCUT2D eigenvalue weighted by atomic mass is 9.64. The first kappa shape index (κ1) is 24.5. The Hall–Kier alpha value is -2.61. The molecule has 2 fully saturated rings. The van der Waals surface area contributed by atoms with Gasteiger partial charge in [0.05, 0.1) is 24.0 Å². The number of hydrogen-bond donors (Lipinski definition) is 2. The Bertz CT molecular complexity index is 1060. The van der Waals surface area contributed by atoms with E-state index in [0.29, 0.717) is 53.8 Å². The normalized spacial score (nSPS) is 22.9. The predicted molar refractivity (Wildman–Crippen MR) is 131 cm³/mol. The molecule has 8 nitrogen and oxygen atoms in total. The molecule has 184 valence electrons. The van der Waals surface area contributed by atoms with Crippen LogP contribution in [0.3, 0.4) is 0 Å². The minimum absolute atomic E-state index is 0.0704. The molecule has 2 aromatic rings. The van der Waals surface area contributed by atoms with E-state index in [4.69, 9.17) is 16.3 Å². The number of likely N-dealkylation sites (tertiary alicyclic amines) is 1. The van der Waals surface area contributed by atoms with E-state index < -0.39 is 0 Å². The van der Waals surface area contributed by atoms with Crippen LogP contribution >= 0.6 is 11.6 Å². The summed E-state index contributed by atoms with van der Waals surface area (Å²) in [5.74, 6) is 0.338.